The first-order valence-electron chi connectivity index (χ1n) is 8.86. The Labute approximate surface area is 149 Å². The maximum atomic E-state index is 13.0. The lowest BCUT2D eigenvalue weighted by molar-refractivity contribution is -0.142. The SMILES string of the molecule is CC1C(=O)N(c2cccc3ccccc23)CCN1C(=O)CC(C)(C)C. The van der Waals surface area contributed by atoms with Gasteiger partial charge in [-0.1, -0.05) is 57.2 Å². The first-order valence-corrected chi connectivity index (χ1v) is 8.86. The molecule has 3 rings (SSSR count). The van der Waals surface area contributed by atoms with Gasteiger partial charge in [-0.15, -0.1) is 0 Å². The molecule has 4 nitrogen and oxygen atoms in total. The Morgan fingerprint density at radius 2 is 1.76 bits per heavy atom. The van der Waals surface area contributed by atoms with E-state index in [4.69, 9.17) is 0 Å². The second kappa shape index (κ2) is 6.51. The quantitative estimate of drug-likeness (QED) is 0.835. The van der Waals surface area contributed by atoms with Crippen LogP contribution in [0, 0.1) is 5.41 Å². The molecule has 2 aromatic carbocycles. The molecular formula is C21H26N2O2. The molecule has 0 spiro atoms. The average molecular weight is 338 g/mol. The maximum Gasteiger partial charge on any atom is 0.249 e. The number of nitrogens with zero attached hydrogens (tertiary/aromatic N) is 2. The highest BCUT2D eigenvalue weighted by Crippen LogP contribution is 2.30. The lowest BCUT2D eigenvalue weighted by Crippen LogP contribution is -2.58. The predicted octanol–water partition coefficient (Wildman–Crippen LogP) is 3.84. The largest absolute Gasteiger partial charge is 0.329 e. The van der Waals surface area contributed by atoms with Crippen molar-refractivity contribution in [3.8, 4) is 0 Å². The fourth-order valence-electron chi connectivity index (χ4n) is 3.45. The molecular weight excluding hydrogens is 312 g/mol. The summed E-state index contributed by atoms with van der Waals surface area (Å²) in [5.74, 6) is 0.0516. The van der Waals surface area contributed by atoms with Crippen molar-refractivity contribution in [3.05, 3.63) is 42.5 Å². The number of carbonyl (C=O) groups is 2. The van der Waals surface area contributed by atoms with E-state index >= 15 is 0 Å². The van der Waals surface area contributed by atoms with E-state index in [9.17, 15) is 9.59 Å². The summed E-state index contributed by atoms with van der Waals surface area (Å²) in [5.41, 5.74) is 0.852. The van der Waals surface area contributed by atoms with Crippen LogP contribution in [-0.4, -0.2) is 35.8 Å². The number of amides is 2. The molecule has 1 heterocycles. The van der Waals surface area contributed by atoms with Gasteiger partial charge in [0.05, 0.1) is 5.69 Å². The van der Waals surface area contributed by atoms with Gasteiger partial charge in [-0.3, -0.25) is 9.59 Å². The minimum atomic E-state index is -0.428. The van der Waals surface area contributed by atoms with Gasteiger partial charge in [0, 0.05) is 24.9 Å². The summed E-state index contributed by atoms with van der Waals surface area (Å²) >= 11 is 0. The Balaban J connectivity index is 1.85. The van der Waals surface area contributed by atoms with Crippen molar-refractivity contribution in [2.45, 2.75) is 40.2 Å². The smallest absolute Gasteiger partial charge is 0.249 e. The molecule has 2 aromatic rings. The minimum absolute atomic E-state index is 0.00939. The van der Waals surface area contributed by atoms with Gasteiger partial charge in [0.25, 0.3) is 0 Å². The highest BCUT2D eigenvalue weighted by atomic mass is 16.2. The van der Waals surface area contributed by atoms with Gasteiger partial charge in [-0.25, -0.2) is 0 Å². The number of benzene rings is 2. The van der Waals surface area contributed by atoms with Crippen molar-refractivity contribution in [1.82, 2.24) is 4.90 Å². The van der Waals surface area contributed by atoms with Gasteiger partial charge in [-0.2, -0.15) is 0 Å². The van der Waals surface area contributed by atoms with E-state index in [1.54, 1.807) is 4.90 Å². The van der Waals surface area contributed by atoms with Crippen LogP contribution < -0.4 is 4.90 Å². The maximum absolute atomic E-state index is 13.0. The molecule has 1 aliphatic heterocycles. The third-order valence-electron chi connectivity index (χ3n) is 4.71. The van der Waals surface area contributed by atoms with Crippen LogP contribution >= 0.6 is 0 Å². The van der Waals surface area contributed by atoms with E-state index in [0.29, 0.717) is 19.5 Å². The molecule has 1 fully saturated rings. The molecule has 0 aliphatic carbocycles. The second-order valence-corrected chi connectivity index (χ2v) is 7.99. The molecule has 25 heavy (non-hydrogen) atoms. The lowest BCUT2D eigenvalue weighted by Gasteiger charge is -2.40. The number of hydrogen-bond acceptors (Lipinski definition) is 2. The van der Waals surface area contributed by atoms with Crippen molar-refractivity contribution < 1.29 is 9.59 Å². The zero-order valence-corrected chi connectivity index (χ0v) is 15.5. The zero-order valence-electron chi connectivity index (χ0n) is 15.5. The number of hydrogen-bond donors (Lipinski definition) is 0. The van der Waals surface area contributed by atoms with Crippen LogP contribution in [0.1, 0.15) is 34.1 Å². The fraction of sp³-hybridized carbons (Fsp3) is 0.429. The molecule has 1 atom stereocenters. The highest BCUT2D eigenvalue weighted by molar-refractivity contribution is 6.06. The Bertz CT molecular complexity index is 802. The molecule has 0 saturated carbocycles. The van der Waals surface area contributed by atoms with E-state index in [1.165, 1.54) is 0 Å². The van der Waals surface area contributed by atoms with Gasteiger partial charge in [0.1, 0.15) is 6.04 Å². The van der Waals surface area contributed by atoms with Crippen LogP contribution in [0.5, 0.6) is 0 Å². The number of carbonyl (C=O) groups excluding carboxylic acids is 2. The molecule has 0 N–H and O–H groups in total. The standard InChI is InChI=1S/C21H26N2O2/c1-15-20(25)23(13-12-22(15)19(24)14-21(2,3)4)18-11-7-9-16-8-5-6-10-17(16)18/h5-11,15H,12-14H2,1-4H3. The number of piperazine rings is 1. The Hall–Kier alpha value is -2.36. The Kier molecular flexibility index (Phi) is 4.55. The first-order chi connectivity index (χ1) is 11.8. The zero-order chi connectivity index (χ0) is 18.2. The molecule has 2 amide bonds. The summed E-state index contributed by atoms with van der Waals surface area (Å²) in [6.07, 6.45) is 0.457. The summed E-state index contributed by atoms with van der Waals surface area (Å²) in [5, 5.41) is 2.19. The van der Waals surface area contributed by atoms with Gasteiger partial charge >= 0.3 is 0 Å². The van der Waals surface area contributed by atoms with Gasteiger partial charge < -0.3 is 9.80 Å². The van der Waals surface area contributed by atoms with Crippen molar-refractivity contribution in [1.29, 1.82) is 0 Å². The number of fused-ring (bicyclic) bond motifs is 1. The van der Waals surface area contributed by atoms with Gasteiger partial charge in [-0.05, 0) is 23.8 Å². The molecule has 4 heteroatoms. The van der Waals surface area contributed by atoms with Crippen LogP contribution in [0.2, 0.25) is 0 Å². The van der Waals surface area contributed by atoms with Gasteiger partial charge in [0.15, 0.2) is 0 Å². The average Bonchev–Trinajstić information content (AvgIpc) is 2.55. The van der Waals surface area contributed by atoms with Gasteiger partial charge in [0.2, 0.25) is 11.8 Å². The summed E-state index contributed by atoms with van der Waals surface area (Å²) < 4.78 is 0. The summed E-state index contributed by atoms with van der Waals surface area (Å²) in [6.45, 7) is 9.08. The molecule has 132 valence electrons. The Morgan fingerprint density at radius 1 is 1.08 bits per heavy atom. The fourth-order valence-corrected chi connectivity index (χ4v) is 3.45. The van der Waals surface area contributed by atoms with Crippen LogP contribution in [0.3, 0.4) is 0 Å². The minimum Gasteiger partial charge on any atom is -0.329 e. The van der Waals surface area contributed by atoms with E-state index < -0.39 is 6.04 Å². The molecule has 1 unspecified atom stereocenters. The van der Waals surface area contributed by atoms with Crippen molar-refractivity contribution in [2.24, 2.45) is 5.41 Å². The van der Waals surface area contributed by atoms with E-state index in [1.807, 2.05) is 62.9 Å². The molecule has 1 aliphatic rings. The molecule has 1 saturated heterocycles. The molecule has 0 bridgehead atoms. The van der Waals surface area contributed by atoms with Crippen LogP contribution in [0.25, 0.3) is 10.8 Å². The summed E-state index contributed by atoms with van der Waals surface area (Å²) in [6, 6.07) is 13.7. The Morgan fingerprint density at radius 3 is 2.48 bits per heavy atom. The van der Waals surface area contributed by atoms with Crippen LogP contribution in [-0.2, 0) is 9.59 Å². The summed E-state index contributed by atoms with van der Waals surface area (Å²) in [4.78, 5) is 29.1. The highest BCUT2D eigenvalue weighted by Gasteiger charge is 2.36. The predicted molar refractivity (Wildman–Crippen MR) is 102 cm³/mol. The third-order valence-corrected chi connectivity index (χ3v) is 4.71. The van der Waals surface area contributed by atoms with Crippen molar-refractivity contribution in [3.63, 3.8) is 0 Å². The van der Waals surface area contributed by atoms with E-state index in [0.717, 1.165) is 16.5 Å². The number of rotatable bonds is 2. The van der Waals surface area contributed by atoms with Crippen LogP contribution in [0.4, 0.5) is 5.69 Å². The molecule has 0 radical (unpaired) electrons. The first kappa shape index (κ1) is 17.5. The normalized spacial score (nSPS) is 18.7. The lowest BCUT2D eigenvalue weighted by atomic mass is 9.91. The van der Waals surface area contributed by atoms with E-state index in [2.05, 4.69) is 12.1 Å². The summed E-state index contributed by atoms with van der Waals surface area (Å²) in [7, 11) is 0. The van der Waals surface area contributed by atoms with Crippen molar-refractivity contribution >= 4 is 28.3 Å². The molecule has 0 aromatic heterocycles. The van der Waals surface area contributed by atoms with Crippen LogP contribution in [0.15, 0.2) is 42.5 Å². The van der Waals surface area contributed by atoms with Crippen molar-refractivity contribution in [2.75, 3.05) is 18.0 Å². The second-order valence-electron chi connectivity index (χ2n) is 7.99. The topological polar surface area (TPSA) is 40.6 Å². The monoisotopic (exact) mass is 338 g/mol. The van der Waals surface area contributed by atoms with E-state index in [-0.39, 0.29) is 17.2 Å². The third kappa shape index (κ3) is 3.53. The number of anilines is 1.